The number of hydrogen-bond acceptors (Lipinski definition) is 4. The zero-order valence-electron chi connectivity index (χ0n) is 13.0. The second-order valence-corrected chi connectivity index (χ2v) is 6.19. The van der Waals surface area contributed by atoms with Gasteiger partial charge in [0.05, 0.1) is 16.3 Å². The maximum Gasteiger partial charge on any atom is 0.266 e. The number of amides is 1. The molecule has 8 heteroatoms. The van der Waals surface area contributed by atoms with E-state index in [0.29, 0.717) is 27.0 Å². The average Bonchev–Trinajstić information content (AvgIpc) is 2.57. The molecule has 25 heavy (non-hydrogen) atoms. The van der Waals surface area contributed by atoms with E-state index in [4.69, 9.17) is 45.4 Å². The van der Waals surface area contributed by atoms with Crippen LogP contribution in [0, 0.1) is 11.3 Å². The number of thiocarbonyl (C=S) groups is 1. The summed E-state index contributed by atoms with van der Waals surface area (Å²) < 4.78 is 5.52. The van der Waals surface area contributed by atoms with Crippen LogP contribution in [0.5, 0.6) is 5.75 Å². The van der Waals surface area contributed by atoms with Gasteiger partial charge in [0, 0.05) is 5.02 Å². The zero-order valence-corrected chi connectivity index (χ0v) is 15.4. The predicted octanol–water partition coefficient (Wildman–Crippen LogP) is 4.15. The van der Waals surface area contributed by atoms with Crippen molar-refractivity contribution in [1.29, 1.82) is 5.26 Å². The molecule has 0 aromatic heterocycles. The van der Waals surface area contributed by atoms with Crippen LogP contribution in [0.4, 0.5) is 5.69 Å². The van der Waals surface area contributed by atoms with Crippen molar-refractivity contribution < 1.29 is 9.53 Å². The van der Waals surface area contributed by atoms with Crippen molar-refractivity contribution in [2.45, 2.75) is 13.0 Å². The number of ether oxygens (including phenoxy) is 1. The summed E-state index contributed by atoms with van der Waals surface area (Å²) in [5.74, 6) is -0.125. The number of benzene rings is 2. The largest absolute Gasteiger partial charge is 0.479 e. The molecule has 0 fully saturated rings. The minimum absolute atomic E-state index is 0.0605. The number of anilines is 1. The minimum Gasteiger partial charge on any atom is -0.479 e. The fourth-order valence-electron chi connectivity index (χ4n) is 1.87. The molecule has 0 aliphatic heterocycles. The molecule has 0 bridgehead atoms. The Balaban J connectivity index is 1.96. The molecular formula is C17H13Cl2N3O2S. The maximum absolute atomic E-state index is 12.2. The highest BCUT2D eigenvalue weighted by molar-refractivity contribution is 7.80. The Labute approximate surface area is 160 Å². The SMILES string of the molecule is CC(Oc1ccc(Cl)cc1Cl)C(=O)NC(=S)Nc1ccccc1C#N. The molecule has 0 aliphatic carbocycles. The lowest BCUT2D eigenvalue weighted by Crippen LogP contribution is -2.42. The lowest BCUT2D eigenvalue weighted by molar-refractivity contribution is -0.125. The van der Waals surface area contributed by atoms with Gasteiger partial charge in [-0.3, -0.25) is 10.1 Å². The first-order chi connectivity index (χ1) is 11.9. The first kappa shape index (κ1) is 19.0. The van der Waals surface area contributed by atoms with Crippen LogP contribution in [-0.2, 0) is 4.79 Å². The quantitative estimate of drug-likeness (QED) is 0.763. The fourth-order valence-corrected chi connectivity index (χ4v) is 2.54. The molecule has 0 saturated heterocycles. The number of nitriles is 1. The number of para-hydroxylation sites is 1. The van der Waals surface area contributed by atoms with Crippen LogP contribution in [0.2, 0.25) is 10.0 Å². The second-order valence-electron chi connectivity index (χ2n) is 4.94. The number of hydrogen-bond donors (Lipinski definition) is 2. The normalized spacial score (nSPS) is 11.1. The smallest absolute Gasteiger partial charge is 0.266 e. The third-order valence-corrected chi connectivity index (χ3v) is 3.83. The number of halogens is 2. The van der Waals surface area contributed by atoms with Gasteiger partial charge in [0.1, 0.15) is 11.8 Å². The molecule has 2 rings (SSSR count). The number of carbonyl (C=O) groups is 1. The van der Waals surface area contributed by atoms with Crippen molar-refractivity contribution in [3.8, 4) is 11.8 Å². The number of nitrogens with one attached hydrogen (secondary N) is 2. The van der Waals surface area contributed by atoms with Gasteiger partial charge in [-0.2, -0.15) is 5.26 Å². The van der Waals surface area contributed by atoms with E-state index in [1.165, 1.54) is 6.07 Å². The molecule has 1 unspecified atom stereocenters. The van der Waals surface area contributed by atoms with E-state index < -0.39 is 12.0 Å². The summed E-state index contributed by atoms with van der Waals surface area (Å²) in [7, 11) is 0. The third kappa shape index (κ3) is 5.33. The standard InChI is InChI=1S/C17H13Cl2N3O2S/c1-10(24-15-7-6-12(18)8-13(15)19)16(23)22-17(25)21-14-5-3-2-4-11(14)9-20/h2-8,10H,1H3,(H2,21,22,23,25). The van der Waals surface area contributed by atoms with Gasteiger partial charge >= 0.3 is 0 Å². The molecule has 5 nitrogen and oxygen atoms in total. The first-order valence-corrected chi connectivity index (χ1v) is 8.30. The molecule has 0 heterocycles. The van der Waals surface area contributed by atoms with Gasteiger partial charge in [0.15, 0.2) is 11.2 Å². The van der Waals surface area contributed by atoms with Crippen LogP contribution in [0.15, 0.2) is 42.5 Å². The van der Waals surface area contributed by atoms with Gasteiger partial charge in [-0.1, -0.05) is 35.3 Å². The highest BCUT2D eigenvalue weighted by Crippen LogP contribution is 2.28. The van der Waals surface area contributed by atoms with Gasteiger partial charge in [-0.05, 0) is 49.5 Å². The van der Waals surface area contributed by atoms with Crippen molar-refractivity contribution in [3.05, 3.63) is 58.1 Å². The molecule has 128 valence electrons. The Morgan fingerprint density at radius 1 is 1.28 bits per heavy atom. The van der Waals surface area contributed by atoms with Crippen LogP contribution >= 0.6 is 35.4 Å². The number of carbonyl (C=O) groups excluding carboxylic acids is 1. The van der Waals surface area contributed by atoms with Gasteiger partial charge in [-0.25, -0.2) is 0 Å². The van der Waals surface area contributed by atoms with Gasteiger partial charge < -0.3 is 10.1 Å². The topological polar surface area (TPSA) is 74.2 Å². The lowest BCUT2D eigenvalue weighted by atomic mass is 10.2. The molecule has 0 radical (unpaired) electrons. The van der Waals surface area contributed by atoms with Crippen LogP contribution in [0.3, 0.4) is 0 Å². The van der Waals surface area contributed by atoms with E-state index >= 15 is 0 Å². The highest BCUT2D eigenvalue weighted by Gasteiger charge is 2.18. The van der Waals surface area contributed by atoms with Gasteiger partial charge in [0.25, 0.3) is 5.91 Å². The van der Waals surface area contributed by atoms with Crippen molar-refractivity contribution in [1.82, 2.24) is 5.32 Å². The van der Waals surface area contributed by atoms with Crippen LogP contribution in [0.1, 0.15) is 12.5 Å². The van der Waals surface area contributed by atoms with E-state index in [1.807, 2.05) is 6.07 Å². The Morgan fingerprint density at radius 3 is 2.68 bits per heavy atom. The predicted molar refractivity (Wildman–Crippen MR) is 102 cm³/mol. The van der Waals surface area contributed by atoms with Crippen molar-refractivity contribution >= 4 is 52.1 Å². The average molecular weight is 394 g/mol. The van der Waals surface area contributed by atoms with Crippen LogP contribution < -0.4 is 15.4 Å². The molecule has 0 spiro atoms. The summed E-state index contributed by atoms with van der Waals surface area (Å²) >= 11 is 16.9. The molecular weight excluding hydrogens is 381 g/mol. The van der Waals surface area contributed by atoms with Crippen LogP contribution in [0.25, 0.3) is 0 Å². The first-order valence-electron chi connectivity index (χ1n) is 7.13. The van der Waals surface area contributed by atoms with E-state index in [9.17, 15) is 4.79 Å². The number of nitrogens with zero attached hydrogens (tertiary/aromatic N) is 1. The van der Waals surface area contributed by atoms with E-state index in [1.54, 1.807) is 43.3 Å². The Hall–Kier alpha value is -2.33. The Morgan fingerprint density at radius 2 is 2.00 bits per heavy atom. The lowest BCUT2D eigenvalue weighted by Gasteiger charge is -2.17. The van der Waals surface area contributed by atoms with Crippen molar-refractivity contribution in [3.63, 3.8) is 0 Å². The summed E-state index contributed by atoms with van der Waals surface area (Å²) in [5, 5.41) is 15.2. The molecule has 0 aliphatic rings. The van der Waals surface area contributed by atoms with Gasteiger partial charge in [-0.15, -0.1) is 0 Å². The second kappa shape index (κ2) is 8.67. The van der Waals surface area contributed by atoms with Crippen LogP contribution in [-0.4, -0.2) is 17.1 Å². The highest BCUT2D eigenvalue weighted by atomic mass is 35.5. The molecule has 1 atom stereocenters. The maximum atomic E-state index is 12.2. The monoisotopic (exact) mass is 393 g/mol. The molecule has 1 amide bonds. The summed E-state index contributed by atoms with van der Waals surface area (Å²) in [5.41, 5.74) is 0.918. The molecule has 2 aromatic rings. The number of rotatable bonds is 4. The summed E-state index contributed by atoms with van der Waals surface area (Å²) in [6.45, 7) is 1.56. The molecule has 0 saturated carbocycles. The van der Waals surface area contributed by atoms with E-state index in [0.717, 1.165) is 0 Å². The fraction of sp³-hybridized carbons (Fsp3) is 0.118. The summed E-state index contributed by atoms with van der Waals surface area (Å²) in [6.07, 6.45) is -0.843. The van der Waals surface area contributed by atoms with Gasteiger partial charge in [0.2, 0.25) is 0 Å². The summed E-state index contributed by atoms with van der Waals surface area (Å²) in [4.78, 5) is 12.2. The Bertz CT molecular complexity index is 852. The summed E-state index contributed by atoms with van der Waals surface area (Å²) in [6, 6.07) is 13.6. The third-order valence-electron chi connectivity index (χ3n) is 3.10. The van der Waals surface area contributed by atoms with E-state index in [2.05, 4.69) is 10.6 Å². The zero-order chi connectivity index (χ0) is 18.4. The molecule has 2 N–H and O–H groups in total. The van der Waals surface area contributed by atoms with Crippen molar-refractivity contribution in [2.75, 3.05) is 5.32 Å². The minimum atomic E-state index is -0.843. The van der Waals surface area contributed by atoms with E-state index in [-0.39, 0.29) is 5.11 Å². The Kier molecular flexibility index (Phi) is 6.59. The molecule has 2 aromatic carbocycles. The van der Waals surface area contributed by atoms with Crippen molar-refractivity contribution in [2.24, 2.45) is 0 Å².